The summed E-state index contributed by atoms with van der Waals surface area (Å²) in [6.45, 7) is 7.87. The van der Waals surface area contributed by atoms with Crippen molar-refractivity contribution in [2.45, 2.75) is 32.2 Å². The molecule has 0 aromatic heterocycles. The molecule has 0 amide bonds. The van der Waals surface area contributed by atoms with Crippen molar-refractivity contribution in [2.24, 2.45) is 5.41 Å². The Balaban J connectivity index is 1.70. The molecule has 3 rings (SSSR count). The summed E-state index contributed by atoms with van der Waals surface area (Å²) in [5.74, 6) is 0.920. The Morgan fingerprint density at radius 1 is 1.35 bits per heavy atom. The van der Waals surface area contributed by atoms with Gasteiger partial charge in [0.15, 0.2) is 0 Å². The molecule has 2 aliphatic rings. The van der Waals surface area contributed by atoms with Crippen LogP contribution in [0.25, 0.3) is 0 Å². The van der Waals surface area contributed by atoms with Crippen LogP contribution in [-0.2, 0) is 10.3 Å². The van der Waals surface area contributed by atoms with Crippen molar-refractivity contribution in [3.63, 3.8) is 0 Å². The lowest BCUT2D eigenvalue weighted by Gasteiger charge is -2.37. The summed E-state index contributed by atoms with van der Waals surface area (Å²) in [7, 11) is 0. The first-order valence-electron chi connectivity index (χ1n) is 7.26. The maximum absolute atomic E-state index is 5.95. The summed E-state index contributed by atoms with van der Waals surface area (Å²) < 4.78 is 12.2. The molecule has 0 spiro atoms. The molecule has 0 radical (unpaired) electrons. The Hall–Kier alpha value is -0.580. The molecule has 0 bridgehead atoms. The van der Waals surface area contributed by atoms with Crippen molar-refractivity contribution in [1.29, 1.82) is 0 Å². The number of benzene rings is 1. The minimum absolute atomic E-state index is 0.106. The van der Waals surface area contributed by atoms with Crippen LogP contribution in [0.4, 0.5) is 0 Å². The van der Waals surface area contributed by atoms with E-state index in [-0.39, 0.29) is 11.0 Å². The maximum atomic E-state index is 5.95. The summed E-state index contributed by atoms with van der Waals surface area (Å²) in [6, 6.07) is 6.44. The number of hydrogen-bond acceptors (Lipinski definition) is 3. The Labute approximate surface area is 129 Å². The number of ether oxygens (including phenoxy) is 2. The molecule has 2 fully saturated rings. The van der Waals surface area contributed by atoms with Crippen molar-refractivity contribution < 1.29 is 9.47 Å². The zero-order chi connectivity index (χ0) is 14.2. The smallest absolute Gasteiger partial charge is 0.133 e. The van der Waals surface area contributed by atoms with Gasteiger partial charge in [0.25, 0.3) is 0 Å². The molecule has 1 unspecified atom stereocenters. The highest BCUT2D eigenvalue weighted by Gasteiger charge is 2.34. The van der Waals surface area contributed by atoms with Crippen LogP contribution in [0.3, 0.4) is 0 Å². The van der Waals surface area contributed by atoms with E-state index in [1.54, 1.807) is 0 Å². The molecule has 20 heavy (non-hydrogen) atoms. The van der Waals surface area contributed by atoms with Crippen molar-refractivity contribution in [3.8, 4) is 5.75 Å². The number of rotatable bonds is 4. The average Bonchev–Trinajstić information content (AvgIpc) is 2.83. The molecule has 4 heteroatoms. The molecule has 1 atom stereocenters. The molecule has 1 aromatic rings. The molecule has 2 aliphatic heterocycles. The summed E-state index contributed by atoms with van der Waals surface area (Å²) in [5, 5.41) is 3.59. The average molecular weight is 340 g/mol. The normalized spacial score (nSPS) is 28.1. The van der Waals surface area contributed by atoms with Crippen LogP contribution in [0.5, 0.6) is 5.75 Å². The van der Waals surface area contributed by atoms with Gasteiger partial charge in [-0.1, -0.05) is 13.0 Å². The molecule has 3 nitrogen and oxygen atoms in total. The fourth-order valence-corrected chi connectivity index (χ4v) is 3.38. The molecular weight excluding hydrogens is 318 g/mol. The van der Waals surface area contributed by atoms with E-state index >= 15 is 0 Å². The fraction of sp³-hybridized carbons (Fsp3) is 0.625. The lowest BCUT2D eigenvalue weighted by atomic mass is 9.90. The Morgan fingerprint density at radius 2 is 2.15 bits per heavy atom. The van der Waals surface area contributed by atoms with Crippen LogP contribution in [0.1, 0.15) is 32.3 Å². The summed E-state index contributed by atoms with van der Waals surface area (Å²) in [6.07, 6.45) is 2.43. The van der Waals surface area contributed by atoms with Crippen LogP contribution in [0.2, 0.25) is 0 Å². The van der Waals surface area contributed by atoms with Crippen LogP contribution < -0.4 is 10.1 Å². The molecule has 0 aliphatic carbocycles. The molecule has 1 N–H and O–H groups in total. The highest BCUT2D eigenvalue weighted by molar-refractivity contribution is 9.10. The van der Waals surface area contributed by atoms with Crippen LogP contribution in [0.15, 0.2) is 22.7 Å². The Kier molecular flexibility index (Phi) is 3.82. The highest BCUT2D eigenvalue weighted by Crippen LogP contribution is 2.36. The standard InChI is InChI=1S/C16H22BrNO2/c1-15(9-19-10-15)11-20-14-5-4-12(8-13(14)17)16(2)6-3-7-18-16/h4-5,8,18H,3,6-7,9-11H2,1-2H3. The monoisotopic (exact) mass is 339 g/mol. The predicted molar refractivity (Wildman–Crippen MR) is 83.2 cm³/mol. The third-order valence-corrected chi connectivity index (χ3v) is 5.03. The van der Waals surface area contributed by atoms with Gasteiger partial charge in [-0.25, -0.2) is 0 Å². The predicted octanol–water partition coefficient (Wildman–Crippen LogP) is 3.46. The minimum Gasteiger partial charge on any atom is -0.492 e. The Bertz CT molecular complexity index is 493. The number of halogens is 1. The largest absolute Gasteiger partial charge is 0.492 e. The minimum atomic E-state index is 0.106. The van der Waals surface area contributed by atoms with E-state index in [4.69, 9.17) is 9.47 Å². The highest BCUT2D eigenvalue weighted by atomic mass is 79.9. The lowest BCUT2D eigenvalue weighted by molar-refractivity contribution is -0.120. The van der Waals surface area contributed by atoms with Gasteiger partial charge in [0, 0.05) is 11.0 Å². The zero-order valence-corrected chi connectivity index (χ0v) is 13.8. The second kappa shape index (κ2) is 5.32. The third kappa shape index (κ3) is 2.74. The van der Waals surface area contributed by atoms with Gasteiger partial charge in [0.05, 0.1) is 24.3 Å². The SMILES string of the molecule is CC1(COc2ccc(C3(C)CCCN3)cc2Br)COC1. The molecule has 0 saturated carbocycles. The van der Waals surface area contributed by atoms with E-state index in [9.17, 15) is 0 Å². The summed E-state index contributed by atoms with van der Waals surface area (Å²) >= 11 is 3.64. The van der Waals surface area contributed by atoms with Gasteiger partial charge in [-0.3, -0.25) is 0 Å². The van der Waals surface area contributed by atoms with Gasteiger partial charge in [-0.15, -0.1) is 0 Å². The summed E-state index contributed by atoms with van der Waals surface area (Å²) in [5.41, 5.74) is 1.61. The molecule has 2 saturated heterocycles. The van der Waals surface area contributed by atoms with Gasteiger partial charge < -0.3 is 14.8 Å². The van der Waals surface area contributed by atoms with E-state index in [1.165, 1.54) is 18.4 Å². The van der Waals surface area contributed by atoms with Crippen LogP contribution in [-0.4, -0.2) is 26.4 Å². The van der Waals surface area contributed by atoms with Crippen LogP contribution >= 0.6 is 15.9 Å². The zero-order valence-electron chi connectivity index (χ0n) is 12.2. The van der Waals surface area contributed by atoms with Gasteiger partial charge in [0.2, 0.25) is 0 Å². The molecular formula is C16H22BrNO2. The quantitative estimate of drug-likeness (QED) is 0.911. The second-order valence-electron chi connectivity index (χ2n) is 6.60. The number of nitrogens with one attached hydrogen (secondary N) is 1. The first-order chi connectivity index (χ1) is 9.51. The van der Waals surface area contributed by atoms with E-state index in [0.29, 0.717) is 6.61 Å². The number of hydrogen-bond donors (Lipinski definition) is 1. The first-order valence-corrected chi connectivity index (χ1v) is 8.06. The van der Waals surface area contributed by atoms with Gasteiger partial charge in [0.1, 0.15) is 5.75 Å². The van der Waals surface area contributed by atoms with E-state index < -0.39 is 0 Å². The molecule has 1 aromatic carbocycles. The third-order valence-electron chi connectivity index (χ3n) is 4.41. The van der Waals surface area contributed by atoms with Gasteiger partial charge in [-0.05, 0) is 59.9 Å². The van der Waals surface area contributed by atoms with Crippen molar-refractivity contribution >= 4 is 15.9 Å². The van der Waals surface area contributed by atoms with Crippen molar-refractivity contribution in [2.75, 3.05) is 26.4 Å². The lowest BCUT2D eigenvalue weighted by Crippen LogP contribution is -2.44. The fourth-order valence-electron chi connectivity index (χ4n) is 2.89. The topological polar surface area (TPSA) is 30.5 Å². The maximum Gasteiger partial charge on any atom is 0.133 e. The van der Waals surface area contributed by atoms with E-state index in [0.717, 1.165) is 30.0 Å². The summed E-state index contributed by atoms with van der Waals surface area (Å²) in [4.78, 5) is 0. The van der Waals surface area contributed by atoms with E-state index in [2.05, 4.69) is 53.3 Å². The Morgan fingerprint density at radius 3 is 2.70 bits per heavy atom. The van der Waals surface area contributed by atoms with Crippen molar-refractivity contribution in [1.82, 2.24) is 5.32 Å². The molecule has 110 valence electrons. The second-order valence-corrected chi connectivity index (χ2v) is 7.45. The van der Waals surface area contributed by atoms with Gasteiger partial charge in [-0.2, -0.15) is 0 Å². The van der Waals surface area contributed by atoms with Crippen LogP contribution in [0, 0.1) is 5.41 Å². The molecule has 2 heterocycles. The van der Waals surface area contributed by atoms with E-state index in [1.807, 2.05) is 0 Å². The van der Waals surface area contributed by atoms with Crippen molar-refractivity contribution in [3.05, 3.63) is 28.2 Å². The first kappa shape index (κ1) is 14.4. The van der Waals surface area contributed by atoms with Gasteiger partial charge >= 0.3 is 0 Å².